The number of aryl methyl sites for hydroxylation is 1. The van der Waals surface area contributed by atoms with Crippen LogP contribution in [0.15, 0.2) is 36.9 Å². The van der Waals surface area contributed by atoms with E-state index < -0.39 is 0 Å². The molecular weight excluding hydrogens is 302 g/mol. The number of rotatable bonds is 3. The number of aromatic nitrogens is 4. The predicted octanol–water partition coefficient (Wildman–Crippen LogP) is 2.80. The molecule has 1 saturated heterocycles. The molecule has 0 bridgehead atoms. The van der Waals surface area contributed by atoms with Crippen molar-refractivity contribution in [3.8, 4) is 0 Å². The molecule has 0 spiro atoms. The predicted molar refractivity (Wildman–Crippen MR) is 91.9 cm³/mol. The van der Waals surface area contributed by atoms with Crippen LogP contribution in [-0.4, -0.2) is 43.6 Å². The number of nitrogens with zero attached hydrogens (tertiary/aromatic N) is 4. The minimum absolute atomic E-state index is 0.0914. The Balaban J connectivity index is 1.45. The summed E-state index contributed by atoms with van der Waals surface area (Å²) in [4.78, 5) is 22.1. The lowest BCUT2D eigenvalue weighted by molar-refractivity contribution is 0.0713. The zero-order chi connectivity index (χ0) is 16.5. The van der Waals surface area contributed by atoms with Gasteiger partial charge in [0.05, 0.1) is 11.8 Å². The number of fused-ring (bicyclic) bond motifs is 1. The van der Waals surface area contributed by atoms with Gasteiger partial charge >= 0.3 is 0 Å². The number of aromatic amines is 1. The van der Waals surface area contributed by atoms with Gasteiger partial charge in [0.15, 0.2) is 0 Å². The van der Waals surface area contributed by atoms with E-state index in [0.29, 0.717) is 11.5 Å². The van der Waals surface area contributed by atoms with Crippen molar-refractivity contribution in [3.63, 3.8) is 0 Å². The highest BCUT2D eigenvalue weighted by Crippen LogP contribution is 2.32. The summed E-state index contributed by atoms with van der Waals surface area (Å²) < 4.78 is 1.79. The second kappa shape index (κ2) is 6.11. The molecule has 124 valence electrons. The highest BCUT2D eigenvalue weighted by molar-refractivity contribution is 5.93. The van der Waals surface area contributed by atoms with E-state index in [2.05, 4.69) is 27.3 Å². The monoisotopic (exact) mass is 323 g/mol. The number of hydrogen-bond donors (Lipinski definition) is 1. The normalized spacial score (nSPS) is 16.0. The fraction of sp³-hybridized carbons (Fsp3) is 0.389. The van der Waals surface area contributed by atoms with Gasteiger partial charge in [-0.2, -0.15) is 5.10 Å². The van der Waals surface area contributed by atoms with E-state index in [1.807, 2.05) is 24.1 Å². The van der Waals surface area contributed by atoms with E-state index in [1.165, 1.54) is 10.9 Å². The Morgan fingerprint density at radius 1 is 1.38 bits per heavy atom. The third-order valence-corrected chi connectivity index (χ3v) is 4.91. The lowest BCUT2D eigenvalue weighted by Crippen LogP contribution is -2.37. The van der Waals surface area contributed by atoms with Crippen LogP contribution in [0.1, 0.15) is 41.6 Å². The largest absolute Gasteiger partial charge is 0.346 e. The van der Waals surface area contributed by atoms with Crippen molar-refractivity contribution in [2.24, 2.45) is 0 Å². The maximum Gasteiger partial charge on any atom is 0.257 e. The third-order valence-electron chi connectivity index (χ3n) is 4.91. The van der Waals surface area contributed by atoms with E-state index in [9.17, 15) is 4.79 Å². The number of carbonyl (C=O) groups excluding carboxylic acids is 1. The first-order valence-electron chi connectivity index (χ1n) is 8.50. The van der Waals surface area contributed by atoms with Gasteiger partial charge in [0, 0.05) is 43.6 Å². The average molecular weight is 323 g/mol. The Morgan fingerprint density at radius 2 is 2.21 bits per heavy atom. The van der Waals surface area contributed by atoms with E-state index in [1.54, 1.807) is 17.1 Å². The molecule has 1 N–H and O–H groups in total. The Labute approximate surface area is 140 Å². The van der Waals surface area contributed by atoms with Crippen LogP contribution in [0.5, 0.6) is 0 Å². The van der Waals surface area contributed by atoms with Gasteiger partial charge in [-0.05, 0) is 43.4 Å². The van der Waals surface area contributed by atoms with Crippen LogP contribution < -0.4 is 0 Å². The average Bonchev–Trinajstić information content (AvgIpc) is 3.28. The van der Waals surface area contributed by atoms with Gasteiger partial charge in [-0.15, -0.1) is 0 Å². The number of nitrogens with one attached hydrogen (secondary N) is 1. The van der Waals surface area contributed by atoms with Crippen molar-refractivity contribution in [2.75, 3.05) is 13.1 Å². The van der Waals surface area contributed by atoms with Gasteiger partial charge in [-0.1, -0.05) is 0 Å². The molecule has 0 aliphatic carbocycles. The van der Waals surface area contributed by atoms with E-state index in [0.717, 1.165) is 38.1 Å². The van der Waals surface area contributed by atoms with E-state index in [4.69, 9.17) is 0 Å². The first-order valence-corrected chi connectivity index (χ1v) is 8.50. The minimum Gasteiger partial charge on any atom is -0.346 e. The summed E-state index contributed by atoms with van der Waals surface area (Å²) in [6, 6.07) is 4.09. The van der Waals surface area contributed by atoms with Crippen molar-refractivity contribution < 1.29 is 4.79 Å². The molecule has 4 rings (SSSR count). The molecule has 6 heteroatoms. The smallest absolute Gasteiger partial charge is 0.257 e. The van der Waals surface area contributed by atoms with Crippen molar-refractivity contribution in [1.29, 1.82) is 0 Å². The molecule has 3 aromatic rings. The number of pyridine rings is 1. The van der Waals surface area contributed by atoms with Crippen molar-refractivity contribution >= 4 is 16.9 Å². The molecule has 4 heterocycles. The molecule has 0 aromatic carbocycles. The number of likely N-dealkylation sites (tertiary alicyclic amines) is 1. The van der Waals surface area contributed by atoms with Gasteiger partial charge in [-0.3, -0.25) is 9.48 Å². The molecule has 6 nitrogen and oxygen atoms in total. The standard InChI is InChI=1S/C18H21N5O/c1-2-23-12-14(10-21-23)18(24)22-8-5-13(6-9-22)16-11-20-17-15(16)4-3-7-19-17/h3-4,7,10-13H,2,5-6,8-9H2,1H3,(H,19,20). The van der Waals surface area contributed by atoms with Crippen LogP contribution in [0.3, 0.4) is 0 Å². The summed E-state index contributed by atoms with van der Waals surface area (Å²) in [7, 11) is 0. The van der Waals surface area contributed by atoms with Crippen LogP contribution in [0.2, 0.25) is 0 Å². The SMILES string of the molecule is CCn1cc(C(=O)N2CCC(c3c[nH]c4ncccc34)CC2)cn1. The molecule has 0 atom stereocenters. The maximum atomic E-state index is 12.6. The highest BCUT2D eigenvalue weighted by atomic mass is 16.2. The topological polar surface area (TPSA) is 66.8 Å². The lowest BCUT2D eigenvalue weighted by Gasteiger charge is -2.31. The molecule has 24 heavy (non-hydrogen) atoms. The molecule has 0 radical (unpaired) electrons. The number of piperidine rings is 1. The third kappa shape index (κ3) is 2.58. The Bertz CT molecular complexity index is 857. The van der Waals surface area contributed by atoms with Crippen LogP contribution in [0.4, 0.5) is 0 Å². The summed E-state index contributed by atoms with van der Waals surface area (Å²) >= 11 is 0. The van der Waals surface area contributed by atoms with E-state index in [-0.39, 0.29) is 5.91 Å². The zero-order valence-corrected chi connectivity index (χ0v) is 13.8. The van der Waals surface area contributed by atoms with Crippen molar-refractivity contribution in [1.82, 2.24) is 24.6 Å². The summed E-state index contributed by atoms with van der Waals surface area (Å²) in [6.45, 7) is 4.37. The second-order valence-corrected chi connectivity index (χ2v) is 6.29. The Morgan fingerprint density at radius 3 is 2.96 bits per heavy atom. The van der Waals surface area contributed by atoms with Crippen molar-refractivity contribution in [2.45, 2.75) is 32.2 Å². The summed E-state index contributed by atoms with van der Waals surface area (Å²) in [5.74, 6) is 0.569. The van der Waals surface area contributed by atoms with Crippen LogP contribution in [-0.2, 0) is 6.54 Å². The molecule has 3 aromatic heterocycles. The van der Waals surface area contributed by atoms with Crippen molar-refractivity contribution in [3.05, 3.63) is 48.0 Å². The quantitative estimate of drug-likeness (QED) is 0.806. The molecular formula is C18H21N5O. The minimum atomic E-state index is 0.0914. The van der Waals surface area contributed by atoms with Crippen LogP contribution in [0, 0.1) is 0 Å². The van der Waals surface area contributed by atoms with Crippen LogP contribution >= 0.6 is 0 Å². The van der Waals surface area contributed by atoms with E-state index >= 15 is 0 Å². The summed E-state index contributed by atoms with van der Waals surface area (Å²) in [5, 5.41) is 5.40. The molecule has 1 aliphatic rings. The first-order chi connectivity index (χ1) is 11.8. The number of hydrogen-bond acceptors (Lipinski definition) is 3. The molecule has 1 amide bonds. The molecule has 1 fully saturated rings. The number of carbonyl (C=O) groups is 1. The van der Waals surface area contributed by atoms with Gasteiger partial charge in [-0.25, -0.2) is 4.98 Å². The fourth-order valence-electron chi connectivity index (χ4n) is 3.54. The van der Waals surface area contributed by atoms with Gasteiger partial charge in [0.2, 0.25) is 0 Å². The maximum absolute atomic E-state index is 12.6. The van der Waals surface area contributed by atoms with Crippen LogP contribution in [0.25, 0.3) is 11.0 Å². The molecule has 0 saturated carbocycles. The molecule has 1 aliphatic heterocycles. The Hall–Kier alpha value is -2.63. The number of H-pyrrole nitrogens is 1. The number of amides is 1. The summed E-state index contributed by atoms with van der Waals surface area (Å²) in [6.07, 6.45) is 9.35. The van der Waals surface area contributed by atoms with Gasteiger partial charge in [0.1, 0.15) is 5.65 Å². The first kappa shape index (κ1) is 14.9. The van der Waals surface area contributed by atoms with Gasteiger partial charge in [0.25, 0.3) is 5.91 Å². The lowest BCUT2D eigenvalue weighted by atomic mass is 9.89. The second-order valence-electron chi connectivity index (χ2n) is 6.29. The van der Waals surface area contributed by atoms with Gasteiger partial charge < -0.3 is 9.88 Å². The Kier molecular flexibility index (Phi) is 3.80. The summed E-state index contributed by atoms with van der Waals surface area (Å²) in [5.41, 5.74) is 2.95. The highest BCUT2D eigenvalue weighted by Gasteiger charge is 2.26. The zero-order valence-electron chi connectivity index (χ0n) is 13.8. The molecule has 0 unspecified atom stereocenters. The fourth-order valence-corrected chi connectivity index (χ4v) is 3.54.